The molecule has 54 heavy (non-hydrogen) atoms. The average molecular weight is 743 g/mol. The molecule has 2 heterocycles. The summed E-state index contributed by atoms with van der Waals surface area (Å²) in [5.74, 6) is 0. The van der Waals surface area contributed by atoms with Crippen molar-refractivity contribution >= 4 is 0 Å². The number of rotatable bonds is 5. The van der Waals surface area contributed by atoms with E-state index >= 15 is 0 Å². The Kier molecular flexibility index (Phi) is 58.6. The van der Waals surface area contributed by atoms with E-state index in [4.69, 9.17) is 0 Å². The number of hydrogen-bond donors (Lipinski definition) is 1. The molecule has 1 unspecified atom stereocenters. The quantitative estimate of drug-likeness (QED) is 0.239. The van der Waals surface area contributed by atoms with E-state index in [1.54, 1.807) is 17.7 Å². The molecule has 5 rings (SSSR count). The molecule has 2 nitrogen and oxygen atoms in total. The smallest absolute Gasteiger partial charge is 0.0432 e. The fraction of sp³-hybridized carbons (Fsp3) is 0.462. The highest BCUT2D eigenvalue weighted by atomic mass is 15.2. The summed E-state index contributed by atoms with van der Waals surface area (Å²) < 4.78 is 0. The summed E-state index contributed by atoms with van der Waals surface area (Å²) in [6.45, 7) is 48.3. The van der Waals surface area contributed by atoms with Gasteiger partial charge in [-0.3, -0.25) is 0 Å². The van der Waals surface area contributed by atoms with E-state index in [1.807, 2.05) is 141 Å². The van der Waals surface area contributed by atoms with Crippen molar-refractivity contribution < 1.29 is 0 Å². The lowest BCUT2D eigenvalue weighted by atomic mass is 10.0. The van der Waals surface area contributed by atoms with Gasteiger partial charge in [0.2, 0.25) is 0 Å². The van der Waals surface area contributed by atoms with Crippen LogP contribution in [0.3, 0.4) is 0 Å². The summed E-state index contributed by atoms with van der Waals surface area (Å²) in [4.78, 5) is 2.54. The Bertz CT molecular complexity index is 1230. The molecule has 1 N–H and O–H groups in total. The number of benzene rings is 1. The second-order valence-corrected chi connectivity index (χ2v) is 10.1. The second-order valence-electron chi connectivity index (χ2n) is 10.1. The largest absolute Gasteiger partial charge is 0.364 e. The van der Waals surface area contributed by atoms with E-state index in [2.05, 4.69) is 111 Å². The number of allylic oxidation sites excluding steroid dienone is 15. The second kappa shape index (κ2) is 51.1. The molecule has 0 fully saturated rings. The summed E-state index contributed by atoms with van der Waals surface area (Å²) in [5.41, 5.74) is 9.61. The first-order valence-electron chi connectivity index (χ1n) is 21.3. The highest BCUT2D eigenvalue weighted by molar-refractivity contribution is 5.46. The van der Waals surface area contributed by atoms with Crippen LogP contribution in [0.1, 0.15) is 156 Å². The van der Waals surface area contributed by atoms with Gasteiger partial charge in [-0.2, -0.15) is 0 Å². The van der Waals surface area contributed by atoms with Crippen molar-refractivity contribution in [3.8, 4) is 0 Å². The Labute approximate surface area is 340 Å². The van der Waals surface area contributed by atoms with Crippen molar-refractivity contribution in [2.75, 3.05) is 0 Å². The predicted octanol–water partition coefficient (Wildman–Crippen LogP) is 17.4. The van der Waals surface area contributed by atoms with Gasteiger partial charge in [0.25, 0.3) is 0 Å². The fourth-order valence-corrected chi connectivity index (χ4v) is 4.80. The molecular formula is C52H90N2. The van der Waals surface area contributed by atoms with Gasteiger partial charge >= 0.3 is 0 Å². The molecule has 0 amide bonds. The first-order chi connectivity index (χ1) is 26.4. The summed E-state index contributed by atoms with van der Waals surface area (Å²) in [6.07, 6.45) is 30.9. The zero-order valence-corrected chi connectivity index (χ0v) is 39.1. The van der Waals surface area contributed by atoms with Crippen LogP contribution in [0.5, 0.6) is 0 Å². The summed E-state index contributed by atoms with van der Waals surface area (Å²) in [6, 6.07) is 11.4. The summed E-state index contributed by atoms with van der Waals surface area (Å²) in [7, 11) is 0. The molecule has 1 aromatic carbocycles. The molecule has 0 spiro atoms. The van der Waals surface area contributed by atoms with Crippen LogP contribution in [-0.4, -0.2) is 10.9 Å². The molecule has 0 bridgehead atoms. The molecule has 0 radical (unpaired) electrons. The lowest BCUT2D eigenvalue weighted by Crippen LogP contribution is -2.26. The third-order valence-corrected chi connectivity index (χ3v) is 6.70. The van der Waals surface area contributed by atoms with E-state index < -0.39 is 0 Å². The van der Waals surface area contributed by atoms with Crippen LogP contribution in [0.2, 0.25) is 0 Å². The topological polar surface area (TPSA) is 15.3 Å². The van der Waals surface area contributed by atoms with Gasteiger partial charge in [-0.15, -0.1) is 6.58 Å². The fourth-order valence-electron chi connectivity index (χ4n) is 4.80. The van der Waals surface area contributed by atoms with Gasteiger partial charge < -0.3 is 10.2 Å². The molecule has 2 aliphatic carbocycles. The van der Waals surface area contributed by atoms with Crippen molar-refractivity contribution in [1.29, 1.82) is 0 Å². The normalized spacial score (nSPS) is 14.7. The van der Waals surface area contributed by atoms with Gasteiger partial charge in [-0.05, 0) is 94.0 Å². The van der Waals surface area contributed by atoms with Gasteiger partial charge in [0.15, 0.2) is 0 Å². The van der Waals surface area contributed by atoms with Crippen LogP contribution in [0, 0.1) is 0 Å². The summed E-state index contributed by atoms with van der Waals surface area (Å²) >= 11 is 0. The van der Waals surface area contributed by atoms with Gasteiger partial charge in [0.05, 0.1) is 0 Å². The van der Waals surface area contributed by atoms with Crippen molar-refractivity contribution in [2.45, 2.75) is 163 Å². The van der Waals surface area contributed by atoms with E-state index in [1.165, 1.54) is 46.5 Å². The van der Waals surface area contributed by atoms with Crippen LogP contribution in [-0.2, 0) is 6.54 Å². The van der Waals surface area contributed by atoms with Gasteiger partial charge in [0.1, 0.15) is 0 Å². The minimum Gasteiger partial charge on any atom is -0.364 e. The Balaban J connectivity index is -0.000000136. The van der Waals surface area contributed by atoms with Crippen LogP contribution in [0.25, 0.3) is 0 Å². The van der Waals surface area contributed by atoms with E-state index in [0.29, 0.717) is 6.04 Å². The highest BCUT2D eigenvalue weighted by Crippen LogP contribution is 2.36. The Hall–Kier alpha value is -4.04. The van der Waals surface area contributed by atoms with Crippen molar-refractivity contribution in [3.63, 3.8) is 0 Å². The van der Waals surface area contributed by atoms with Crippen molar-refractivity contribution in [1.82, 2.24) is 10.2 Å². The van der Waals surface area contributed by atoms with Gasteiger partial charge in [-0.1, -0.05) is 207 Å². The molecule has 1 aromatic rings. The van der Waals surface area contributed by atoms with Crippen LogP contribution >= 0.6 is 0 Å². The Morgan fingerprint density at radius 3 is 1.81 bits per heavy atom. The molecule has 0 saturated carbocycles. The molecular weight excluding hydrogens is 653 g/mol. The number of hydrogen-bond acceptors (Lipinski definition) is 2. The predicted molar refractivity (Wildman–Crippen MR) is 257 cm³/mol. The third kappa shape index (κ3) is 30.4. The molecule has 308 valence electrons. The molecule has 2 heteroatoms. The van der Waals surface area contributed by atoms with E-state index in [9.17, 15) is 0 Å². The Morgan fingerprint density at radius 2 is 1.30 bits per heavy atom. The van der Waals surface area contributed by atoms with Crippen LogP contribution in [0.4, 0.5) is 0 Å². The average Bonchev–Trinajstić information content (AvgIpc) is 3.95. The maximum Gasteiger partial charge on any atom is 0.0432 e. The first-order valence-corrected chi connectivity index (χ1v) is 21.3. The third-order valence-electron chi connectivity index (χ3n) is 6.70. The first kappa shape index (κ1) is 62.0. The standard InChI is InChI=1S/C15H17N.C10H11N.C10H14.C3H6.7C2H6/c1-12-10-14-8-5-9-15(14)16(12)11-13-6-3-2-4-7-13;1-8-4-3-7-11-10-6-2-5-9(8)10;1-4-6-7-9-10(3)8-5-2;1-3-2;7*1-2/h2-7,9,12H,8,10-11H2,1H3;2-3,6-7,11H,1,4-5H2;4-9H,1H2,2-3H3;3H,1H2,2H3;7*1-2H3/b;;7-6-,8-5+,10-9-;;;;;;;;. The van der Waals surface area contributed by atoms with Crippen LogP contribution in [0.15, 0.2) is 163 Å². The maximum absolute atomic E-state index is 4.03. The number of nitrogens with zero attached hydrogens (tertiary/aromatic N) is 1. The maximum atomic E-state index is 4.03. The van der Waals surface area contributed by atoms with Crippen molar-refractivity contribution in [3.05, 3.63) is 168 Å². The zero-order chi connectivity index (χ0) is 43.2. The minimum atomic E-state index is 0.662. The van der Waals surface area contributed by atoms with Gasteiger partial charge in [0, 0.05) is 24.0 Å². The molecule has 0 saturated heterocycles. The van der Waals surface area contributed by atoms with Crippen LogP contribution < -0.4 is 5.32 Å². The molecule has 4 aliphatic rings. The van der Waals surface area contributed by atoms with Gasteiger partial charge in [-0.25, -0.2) is 0 Å². The highest BCUT2D eigenvalue weighted by Gasteiger charge is 2.28. The number of nitrogens with one attached hydrogen (secondary N) is 1. The van der Waals surface area contributed by atoms with E-state index in [-0.39, 0.29) is 0 Å². The lowest BCUT2D eigenvalue weighted by molar-refractivity contribution is 0.294. The van der Waals surface area contributed by atoms with Crippen molar-refractivity contribution in [2.24, 2.45) is 0 Å². The minimum absolute atomic E-state index is 0.662. The monoisotopic (exact) mass is 743 g/mol. The summed E-state index contributed by atoms with van der Waals surface area (Å²) in [5, 5.41) is 3.23. The SMILES string of the molecule is C=C1CC=CNC2=C1CC=C2.C=CC.C=C\C=C/C=C(C)\C=C\C.CC.CC.CC.CC.CC.CC.CC.CC1CC2=C(C=CC2)N1Cc1ccccc1. The van der Waals surface area contributed by atoms with E-state index in [0.717, 1.165) is 19.4 Å². The Morgan fingerprint density at radius 1 is 0.759 bits per heavy atom. The molecule has 0 aromatic heterocycles. The zero-order valence-electron chi connectivity index (χ0n) is 39.1. The molecule has 2 aliphatic heterocycles. The lowest BCUT2D eigenvalue weighted by Gasteiger charge is -2.26. The molecule has 1 atom stereocenters.